The lowest BCUT2D eigenvalue weighted by atomic mass is 9.96. The summed E-state index contributed by atoms with van der Waals surface area (Å²) in [6.07, 6.45) is 6.98. The van der Waals surface area contributed by atoms with E-state index in [0.717, 1.165) is 38.5 Å². The predicted octanol–water partition coefficient (Wildman–Crippen LogP) is 0.850. The Labute approximate surface area is 200 Å². The quantitative estimate of drug-likeness (QED) is 0.580. The summed E-state index contributed by atoms with van der Waals surface area (Å²) >= 11 is 0. The Bertz CT molecular complexity index is 1220. The topological polar surface area (TPSA) is 117 Å². The molecule has 3 heterocycles. The number of H-pyrrole nitrogens is 1. The van der Waals surface area contributed by atoms with Crippen LogP contribution in [-0.4, -0.2) is 80.3 Å². The summed E-state index contributed by atoms with van der Waals surface area (Å²) in [7, 11) is 0.0252. The normalized spacial score (nSPS) is 19.4. The third-order valence-electron chi connectivity index (χ3n) is 7.32. The number of unbranched alkanes of at least 4 members (excludes halogenated alkanes) is 1. The van der Waals surface area contributed by atoms with Crippen LogP contribution in [0.3, 0.4) is 0 Å². The molecule has 2 fully saturated rings. The van der Waals surface area contributed by atoms with Crippen LogP contribution in [0.5, 0.6) is 0 Å². The van der Waals surface area contributed by atoms with Crippen molar-refractivity contribution in [1.82, 2.24) is 32.6 Å². The van der Waals surface area contributed by atoms with Crippen molar-refractivity contribution in [3.63, 3.8) is 0 Å². The fraction of sp³-hybridized carbons (Fsp3) is 0.773. The first kappa shape index (κ1) is 25.1. The van der Waals surface area contributed by atoms with Crippen LogP contribution in [0.15, 0.2) is 9.59 Å². The molecule has 1 saturated carbocycles. The smallest absolute Gasteiger partial charge is 0.324 e. The van der Waals surface area contributed by atoms with Crippen LogP contribution >= 0.6 is 0 Å². The van der Waals surface area contributed by atoms with Gasteiger partial charge in [-0.3, -0.25) is 19.2 Å². The maximum absolute atomic E-state index is 13.2. The zero-order valence-corrected chi connectivity index (χ0v) is 21.3. The van der Waals surface area contributed by atoms with Gasteiger partial charge in [0.15, 0.2) is 11.2 Å². The van der Waals surface area contributed by atoms with Crippen molar-refractivity contribution in [2.45, 2.75) is 71.0 Å². The lowest BCUT2D eigenvalue weighted by Crippen LogP contribution is -2.54. The average molecular weight is 496 g/mol. The maximum atomic E-state index is 13.2. The number of nitrogens with one attached hydrogen (secondary N) is 1. The Morgan fingerprint density at radius 1 is 1.09 bits per heavy atom. The third kappa shape index (κ3) is 4.86. The van der Waals surface area contributed by atoms with E-state index in [0.29, 0.717) is 56.3 Å². The van der Waals surface area contributed by atoms with E-state index in [2.05, 4.69) is 14.9 Å². The van der Waals surface area contributed by atoms with Crippen molar-refractivity contribution >= 4 is 21.4 Å². The summed E-state index contributed by atoms with van der Waals surface area (Å²) in [5.41, 5.74) is -0.0665. The second-order valence-electron chi connectivity index (χ2n) is 9.51. The molecule has 0 bridgehead atoms. The monoisotopic (exact) mass is 495 g/mol. The van der Waals surface area contributed by atoms with E-state index < -0.39 is 21.5 Å². The van der Waals surface area contributed by atoms with Crippen LogP contribution in [0.4, 0.5) is 0 Å². The molecular formula is C22H37N7O4S. The summed E-state index contributed by atoms with van der Waals surface area (Å²) in [6.45, 7) is 5.05. The summed E-state index contributed by atoms with van der Waals surface area (Å²) in [5.74, 6) is 0.687. The molecule has 2 aromatic rings. The van der Waals surface area contributed by atoms with Gasteiger partial charge in [-0.15, -0.1) is 0 Å². The van der Waals surface area contributed by atoms with Gasteiger partial charge in [-0.2, -0.15) is 17.0 Å². The van der Waals surface area contributed by atoms with Crippen molar-refractivity contribution in [3.8, 4) is 0 Å². The van der Waals surface area contributed by atoms with Crippen LogP contribution in [0, 0.1) is 0 Å². The van der Waals surface area contributed by atoms with Gasteiger partial charge >= 0.3 is 5.69 Å². The van der Waals surface area contributed by atoms with E-state index in [9.17, 15) is 18.0 Å². The highest BCUT2D eigenvalue weighted by atomic mass is 32.2. The number of hydrogen-bond donors (Lipinski definition) is 1. The average Bonchev–Trinajstić information content (AvgIpc) is 3.15. The molecule has 0 unspecified atom stereocenters. The number of imidazole rings is 1. The second-order valence-corrected chi connectivity index (χ2v) is 11.5. The summed E-state index contributed by atoms with van der Waals surface area (Å²) in [5, 5.41) is 0. The molecule has 0 aromatic carbocycles. The second kappa shape index (κ2) is 10.3. The van der Waals surface area contributed by atoms with Gasteiger partial charge in [0.05, 0.1) is 6.54 Å². The van der Waals surface area contributed by atoms with Gasteiger partial charge in [-0.05, 0) is 19.3 Å². The Hall–Kier alpha value is -2.02. The van der Waals surface area contributed by atoms with Crippen LogP contribution in [0.2, 0.25) is 0 Å². The van der Waals surface area contributed by atoms with Gasteiger partial charge in [0, 0.05) is 52.9 Å². The Balaban J connectivity index is 1.46. The predicted molar refractivity (Wildman–Crippen MR) is 131 cm³/mol. The Morgan fingerprint density at radius 2 is 1.76 bits per heavy atom. The number of fused-ring (bicyclic) bond motifs is 1. The lowest BCUT2D eigenvalue weighted by Gasteiger charge is -2.38. The number of aromatic amines is 1. The van der Waals surface area contributed by atoms with E-state index in [1.165, 1.54) is 11.0 Å². The van der Waals surface area contributed by atoms with Crippen molar-refractivity contribution in [3.05, 3.63) is 26.7 Å². The minimum absolute atomic E-state index is 0.0974. The van der Waals surface area contributed by atoms with Crippen molar-refractivity contribution in [1.29, 1.82) is 0 Å². The fourth-order valence-corrected chi connectivity index (χ4v) is 6.67. The molecule has 1 aliphatic heterocycles. The molecule has 190 valence electrons. The zero-order chi connectivity index (χ0) is 24.5. The van der Waals surface area contributed by atoms with Crippen molar-refractivity contribution in [2.24, 2.45) is 7.05 Å². The first-order valence-electron chi connectivity index (χ1n) is 12.4. The lowest BCUT2D eigenvalue weighted by molar-refractivity contribution is 0.166. The number of aromatic nitrogens is 4. The SMILES string of the molecule is CCCCn1c(=O)[nH]c(=O)c2c1nc(CN1CCN(S(=O)(=O)N(C)C3CCCCC3)CC1)n2C. The van der Waals surface area contributed by atoms with Gasteiger partial charge in [-0.25, -0.2) is 9.78 Å². The van der Waals surface area contributed by atoms with Gasteiger partial charge in [0.2, 0.25) is 0 Å². The highest BCUT2D eigenvalue weighted by molar-refractivity contribution is 7.86. The van der Waals surface area contributed by atoms with Gasteiger partial charge in [0.25, 0.3) is 15.8 Å². The summed E-state index contributed by atoms with van der Waals surface area (Å²) < 4.78 is 32.8. The number of rotatable bonds is 8. The van der Waals surface area contributed by atoms with Crippen LogP contribution in [-0.2, 0) is 30.3 Å². The molecule has 0 radical (unpaired) electrons. The van der Waals surface area contributed by atoms with Crippen molar-refractivity contribution in [2.75, 3.05) is 33.2 Å². The Morgan fingerprint density at radius 3 is 2.41 bits per heavy atom. The number of hydrogen-bond acceptors (Lipinski definition) is 6. The number of piperazine rings is 1. The molecule has 1 N–H and O–H groups in total. The van der Waals surface area contributed by atoms with E-state index in [1.807, 2.05) is 6.92 Å². The highest BCUT2D eigenvalue weighted by Gasteiger charge is 2.34. The van der Waals surface area contributed by atoms with Gasteiger partial charge < -0.3 is 4.57 Å². The molecule has 0 amide bonds. The zero-order valence-electron chi connectivity index (χ0n) is 20.5. The molecule has 12 heteroatoms. The van der Waals surface area contributed by atoms with E-state index in [4.69, 9.17) is 0 Å². The molecule has 11 nitrogen and oxygen atoms in total. The molecule has 0 atom stereocenters. The summed E-state index contributed by atoms with van der Waals surface area (Å²) in [4.78, 5) is 34.0. The van der Waals surface area contributed by atoms with Gasteiger partial charge in [0.1, 0.15) is 5.82 Å². The first-order chi connectivity index (χ1) is 16.2. The minimum Gasteiger partial charge on any atom is -0.324 e. The first-order valence-corrected chi connectivity index (χ1v) is 13.8. The van der Waals surface area contributed by atoms with Crippen LogP contribution in [0.25, 0.3) is 11.2 Å². The molecule has 34 heavy (non-hydrogen) atoms. The van der Waals surface area contributed by atoms with Crippen molar-refractivity contribution < 1.29 is 8.42 Å². The van der Waals surface area contributed by atoms with E-state index >= 15 is 0 Å². The van der Waals surface area contributed by atoms with Crippen LogP contribution < -0.4 is 11.2 Å². The Kier molecular flexibility index (Phi) is 7.60. The fourth-order valence-electron chi connectivity index (χ4n) is 5.09. The standard InChI is InChI=1S/C22H37N7O4S/c1-4-5-11-29-20-19(21(30)24-22(29)31)25(2)18(23-20)16-27-12-14-28(15-13-27)34(32,33)26(3)17-9-7-6-8-10-17/h17H,4-16H2,1-3H3,(H,24,30,31). The molecule has 2 aliphatic rings. The van der Waals surface area contributed by atoms with Gasteiger partial charge in [-0.1, -0.05) is 32.6 Å². The van der Waals surface area contributed by atoms with E-state index in [-0.39, 0.29) is 6.04 Å². The number of aryl methyl sites for hydroxylation is 2. The molecule has 0 spiro atoms. The van der Waals surface area contributed by atoms with E-state index in [1.54, 1.807) is 27.3 Å². The molecule has 1 aliphatic carbocycles. The maximum Gasteiger partial charge on any atom is 0.330 e. The third-order valence-corrected chi connectivity index (χ3v) is 9.36. The molecular weight excluding hydrogens is 458 g/mol. The molecule has 4 rings (SSSR count). The summed E-state index contributed by atoms with van der Waals surface area (Å²) in [6, 6.07) is 0.0974. The largest absolute Gasteiger partial charge is 0.330 e. The molecule has 1 saturated heterocycles. The van der Waals surface area contributed by atoms with Crippen LogP contribution in [0.1, 0.15) is 57.7 Å². The minimum atomic E-state index is -3.48. The number of nitrogens with zero attached hydrogens (tertiary/aromatic N) is 6. The molecule has 2 aromatic heterocycles. The highest BCUT2D eigenvalue weighted by Crippen LogP contribution is 2.25.